The predicted molar refractivity (Wildman–Crippen MR) is 135 cm³/mol. The fourth-order valence-electron chi connectivity index (χ4n) is 4.23. The zero-order chi connectivity index (χ0) is 22.0. The maximum Gasteiger partial charge on any atom is 0.219 e. The van der Waals surface area contributed by atoms with Crippen molar-refractivity contribution in [2.24, 2.45) is 0 Å². The Hall–Kier alpha value is -0.530. The number of nitrogens with one attached hydrogen (secondary N) is 1. The highest BCUT2D eigenvalue weighted by molar-refractivity contribution is 5.75. The molecule has 30 heavy (non-hydrogen) atoms. The average molecular weight is 424 g/mol. The number of carbonyl (C=O) groups excluding carboxylic acids is 1. The van der Waals surface area contributed by atoms with Gasteiger partial charge in [0, 0.05) is 13.0 Å². The van der Waals surface area contributed by atoms with Crippen LogP contribution >= 0.6 is 0 Å². The molecular weight excluding hydrogens is 366 g/mol. The van der Waals surface area contributed by atoms with E-state index in [0.29, 0.717) is 0 Å². The number of amides is 1. The van der Waals surface area contributed by atoms with Crippen molar-refractivity contribution in [2.75, 3.05) is 6.54 Å². The minimum atomic E-state index is 0.266. The third-order valence-corrected chi connectivity index (χ3v) is 6.36. The molecule has 0 fully saturated rings. The zero-order valence-electron chi connectivity index (χ0n) is 21.1. The van der Waals surface area contributed by atoms with E-state index < -0.39 is 0 Å². The highest BCUT2D eigenvalue weighted by Gasteiger charge is 2.00. The van der Waals surface area contributed by atoms with E-state index >= 15 is 0 Å². The summed E-state index contributed by atoms with van der Waals surface area (Å²) < 4.78 is 0. The van der Waals surface area contributed by atoms with Crippen LogP contribution < -0.4 is 5.32 Å². The maximum atomic E-state index is 11.8. The van der Waals surface area contributed by atoms with Gasteiger partial charge in [-0.15, -0.1) is 0 Å². The van der Waals surface area contributed by atoms with Crippen molar-refractivity contribution in [1.82, 2.24) is 5.32 Å². The first-order chi connectivity index (χ1) is 14.8. The number of rotatable bonds is 25. The van der Waals surface area contributed by atoms with Crippen LogP contribution in [0.3, 0.4) is 0 Å². The summed E-state index contributed by atoms with van der Waals surface area (Å²) in [7, 11) is 0. The van der Waals surface area contributed by atoms with Crippen molar-refractivity contribution in [3.05, 3.63) is 0 Å². The van der Waals surface area contributed by atoms with Gasteiger partial charge in [0.1, 0.15) is 0 Å². The zero-order valence-corrected chi connectivity index (χ0v) is 21.1. The minimum Gasteiger partial charge on any atom is -0.356 e. The summed E-state index contributed by atoms with van der Waals surface area (Å²) in [6.45, 7) is 5.42. The Kier molecular flexibility index (Phi) is 26.0. The monoisotopic (exact) mass is 423 g/mol. The van der Waals surface area contributed by atoms with Crippen LogP contribution in [0.15, 0.2) is 0 Å². The van der Waals surface area contributed by atoms with Crippen LogP contribution in [0.1, 0.15) is 168 Å². The molecule has 2 heteroatoms. The van der Waals surface area contributed by atoms with E-state index in [-0.39, 0.29) is 5.91 Å². The molecule has 2 nitrogen and oxygen atoms in total. The Balaban J connectivity index is 3.10. The quantitative estimate of drug-likeness (QED) is 0.145. The lowest BCUT2D eigenvalue weighted by Gasteiger charge is -2.06. The van der Waals surface area contributed by atoms with Crippen molar-refractivity contribution in [3.63, 3.8) is 0 Å². The molecule has 0 aliphatic carbocycles. The van der Waals surface area contributed by atoms with Gasteiger partial charge in [-0.2, -0.15) is 0 Å². The molecule has 0 heterocycles. The summed E-state index contributed by atoms with van der Waals surface area (Å²) in [5.41, 5.74) is 0. The molecule has 0 aliphatic heterocycles. The second-order valence-corrected chi connectivity index (χ2v) is 9.52. The topological polar surface area (TPSA) is 29.1 Å². The Morgan fingerprint density at radius 2 is 0.733 bits per heavy atom. The first-order valence-electron chi connectivity index (χ1n) is 14.1. The molecule has 0 aromatic rings. The first kappa shape index (κ1) is 29.5. The van der Waals surface area contributed by atoms with Gasteiger partial charge >= 0.3 is 0 Å². The molecule has 1 amide bonds. The highest BCUT2D eigenvalue weighted by atomic mass is 16.1. The molecular formula is C28H57NO. The Morgan fingerprint density at radius 1 is 0.433 bits per heavy atom. The van der Waals surface area contributed by atoms with Crippen LogP contribution in [0, 0.1) is 0 Å². The van der Waals surface area contributed by atoms with E-state index in [2.05, 4.69) is 19.2 Å². The molecule has 0 unspecified atom stereocenters. The molecule has 0 rings (SSSR count). The average Bonchev–Trinajstić information content (AvgIpc) is 2.75. The standard InChI is InChI=1S/C28H57NO/c1-3-5-7-9-11-12-13-14-15-16-17-18-19-20-21-23-25-27-29-28(30)26-24-22-10-8-6-4-2/h3-27H2,1-2H3,(H,29,30). The SMILES string of the molecule is CCCCCCCCCCCCCCCCCCCNC(=O)CCCCCCCC. The fraction of sp³-hybridized carbons (Fsp3) is 0.964. The van der Waals surface area contributed by atoms with Gasteiger partial charge in [-0.25, -0.2) is 0 Å². The van der Waals surface area contributed by atoms with E-state index in [0.717, 1.165) is 25.8 Å². The van der Waals surface area contributed by atoms with E-state index in [1.165, 1.54) is 135 Å². The lowest BCUT2D eigenvalue weighted by molar-refractivity contribution is -0.121. The Morgan fingerprint density at radius 3 is 1.10 bits per heavy atom. The lowest BCUT2D eigenvalue weighted by Crippen LogP contribution is -2.23. The Bertz CT molecular complexity index is 329. The summed E-state index contributed by atoms with van der Waals surface area (Å²) in [4.78, 5) is 11.8. The Labute approximate surface area is 190 Å². The molecule has 1 N–H and O–H groups in total. The van der Waals surface area contributed by atoms with Crippen LogP contribution in [-0.2, 0) is 4.79 Å². The highest BCUT2D eigenvalue weighted by Crippen LogP contribution is 2.14. The van der Waals surface area contributed by atoms with Gasteiger partial charge in [0.05, 0.1) is 0 Å². The number of hydrogen-bond acceptors (Lipinski definition) is 1. The predicted octanol–water partition coefficient (Wildman–Crippen LogP) is 9.50. The summed E-state index contributed by atoms with van der Waals surface area (Å²) in [5.74, 6) is 0.266. The third-order valence-electron chi connectivity index (χ3n) is 6.36. The maximum absolute atomic E-state index is 11.8. The summed E-state index contributed by atoms with van der Waals surface area (Å²) in [6.07, 6.45) is 32.1. The fourth-order valence-corrected chi connectivity index (χ4v) is 4.23. The molecule has 0 saturated carbocycles. The van der Waals surface area contributed by atoms with Crippen molar-refractivity contribution >= 4 is 5.91 Å². The van der Waals surface area contributed by atoms with Crippen LogP contribution in [0.4, 0.5) is 0 Å². The van der Waals surface area contributed by atoms with Gasteiger partial charge in [-0.1, -0.05) is 149 Å². The van der Waals surface area contributed by atoms with Gasteiger partial charge in [-0.3, -0.25) is 4.79 Å². The molecule has 0 aromatic carbocycles. The van der Waals surface area contributed by atoms with Crippen molar-refractivity contribution < 1.29 is 4.79 Å². The van der Waals surface area contributed by atoms with Gasteiger partial charge in [0.25, 0.3) is 0 Å². The minimum absolute atomic E-state index is 0.266. The van der Waals surface area contributed by atoms with E-state index in [4.69, 9.17) is 0 Å². The third kappa shape index (κ3) is 25.5. The molecule has 0 spiro atoms. The molecule has 0 atom stereocenters. The van der Waals surface area contributed by atoms with Crippen LogP contribution in [0.2, 0.25) is 0 Å². The van der Waals surface area contributed by atoms with Gasteiger partial charge < -0.3 is 5.32 Å². The van der Waals surface area contributed by atoms with Crippen molar-refractivity contribution in [3.8, 4) is 0 Å². The molecule has 180 valence electrons. The van der Waals surface area contributed by atoms with E-state index in [1.807, 2.05) is 0 Å². The number of unbranched alkanes of at least 4 members (excludes halogenated alkanes) is 21. The van der Waals surface area contributed by atoms with Gasteiger partial charge in [0.2, 0.25) is 5.91 Å². The summed E-state index contributed by atoms with van der Waals surface area (Å²) >= 11 is 0. The van der Waals surface area contributed by atoms with Crippen LogP contribution in [-0.4, -0.2) is 12.5 Å². The molecule has 0 aromatic heterocycles. The number of hydrogen-bond donors (Lipinski definition) is 1. The van der Waals surface area contributed by atoms with E-state index in [1.54, 1.807) is 0 Å². The van der Waals surface area contributed by atoms with E-state index in [9.17, 15) is 4.79 Å². The van der Waals surface area contributed by atoms with Crippen LogP contribution in [0.25, 0.3) is 0 Å². The van der Waals surface area contributed by atoms with Gasteiger partial charge in [-0.05, 0) is 12.8 Å². The summed E-state index contributed by atoms with van der Waals surface area (Å²) in [5, 5.41) is 3.10. The summed E-state index contributed by atoms with van der Waals surface area (Å²) in [6, 6.07) is 0. The molecule has 0 radical (unpaired) electrons. The van der Waals surface area contributed by atoms with Crippen LogP contribution in [0.5, 0.6) is 0 Å². The molecule has 0 saturated heterocycles. The first-order valence-corrected chi connectivity index (χ1v) is 14.1. The second-order valence-electron chi connectivity index (χ2n) is 9.52. The largest absolute Gasteiger partial charge is 0.356 e. The van der Waals surface area contributed by atoms with Gasteiger partial charge in [0.15, 0.2) is 0 Å². The normalized spacial score (nSPS) is 11.1. The lowest BCUT2D eigenvalue weighted by atomic mass is 10.0. The second kappa shape index (κ2) is 26.5. The molecule has 0 aliphatic rings. The number of carbonyl (C=O) groups is 1. The molecule has 0 bridgehead atoms. The van der Waals surface area contributed by atoms with Crippen molar-refractivity contribution in [1.29, 1.82) is 0 Å². The smallest absolute Gasteiger partial charge is 0.219 e. The van der Waals surface area contributed by atoms with Crippen molar-refractivity contribution in [2.45, 2.75) is 168 Å².